The van der Waals surface area contributed by atoms with Gasteiger partial charge in [0.25, 0.3) is 0 Å². The quantitative estimate of drug-likeness (QED) is 0.332. The standard InChI is InChI=1S/C22H28O7/c1-8-14(4)21(23)28-13-15(9-2)22(24)29-17(10-3)16-11-18(25-5)20(27-7)19(12-16)26-6/h8-12,17H,3,13H2,1-2,4-7H3/b14-8+,15-9-. The molecule has 0 saturated heterocycles. The molecule has 0 aliphatic heterocycles. The molecule has 158 valence electrons. The van der Waals surface area contributed by atoms with E-state index >= 15 is 0 Å². The lowest BCUT2D eigenvalue weighted by atomic mass is 10.1. The maximum absolute atomic E-state index is 12.6. The Morgan fingerprint density at radius 2 is 1.59 bits per heavy atom. The zero-order valence-electron chi connectivity index (χ0n) is 17.7. The third-order valence-corrected chi connectivity index (χ3v) is 4.19. The molecule has 7 heteroatoms. The minimum atomic E-state index is -0.779. The highest BCUT2D eigenvalue weighted by atomic mass is 16.6. The van der Waals surface area contributed by atoms with E-state index in [1.807, 2.05) is 0 Å². The van der Waals surface area contributed by atoms with E-state index in [2.05, 4.69) is 6.58 Å². The van der Waals surface area contributed by atoms with Crippen LogP contribution in [0.1, 0.15) is 32.4 Å². The van der Waals surface area contributed by atoms with Crippen LogP contribution in [0.25, 0.3) is 0 Å². The van der Waals surface area contributed by atoms with Crippen molar-refractivity contribution in [3.05, 3.63) is 53.6 Å². The van der Waals surface area contributed by atoms with Gasteiger partial charge in [0, 0.05) is 11.1 Å². The van der Waals surface area contributed by atoms with Crippen LogP contribution in [-0.4, -0.2) is 39.9 Å². The maximum atomic E-state index is 12.6. The fraction of sp³-hybridized carbons (Fsp3) is 0.364. The summed E-state index contributed by atoms with van der Waals surface area (Å²) in [5.74, 6) is 0.147. The largest absolute Gasteiger partial charge is 0.493 e. The SMILES string of the molecule is C=CC(OC(=O)/C(=C\C)COC(=O)/C(C)=C/C)c1cc(OC)c(OC)c(OC)c1. The number of rotatable bonds is 10. The predicted molar refractivity (Wildman–Crippen MR) is 109 cm³/mol. The fourth-order valence-electron chi connectivity index (χ4n) is 2.34. The number of allylic oxidation sites excluding steroid dienone is 2. The monoisotopic (exact) mass is 404 g/mol. The van der Waals surface area contributed by atoms with Crippen LogP contribution in [0.2, 0.25) is 0 Å². The summed E-state index contributed by atoms with van der Waals surface area (Å²) in [6, 6.07) is 3.34. The average Bonchev–Trinajstić information content (AvgIpc) is 2.75. The molecule has 1 atom stereocenters. The molecule has 0 N–H and O–H groups in total. The molecule has 1 rings (SSSR count). The number of benzene rings is 1. The number of hydrogen-bond donors (Lipinski definition) is 0. The Kier molecular flexibility index (Phi) is 9.51. The summed E-state index contributed by atoms with van der Waals surface area (Å²) >= 11 is 0. The lowest BCUT2D eigenvalue weighted by Gasteiger charge is -2.19. The first-order chi connectivity index (χ1) is 13.9. The molecule has 0 radical (unpaired) electrons. The van der Waals surface area contributed by atoms with Crippen molar-refractivity contribution in [1.29, 1.82) is 0 Å². The van der Waals surface area contributed by atoms with Crippen molar-refractivity contribution in [2.75, 3.05) is 27.9 Å². The van der Waals surface area contributed by atoms with Gasteiger partial charge in [-0.15, -0.1) is 0 Å². The lowest BCUT2D eigenvalue weighted by Crippen LogP contribution is -2.18. The molecule has 1 aromatic carbocycles. The zero-order chi connectivity index (χ0) is 22.0. The average molecular weight is 404 g/mol. The van der Waals surface area contributed by atoms with Crippen molar-refractivity contribution in [2.45, 2.75) is 26.9 Å². The Bertz CT molecular complexity index is 780. The molecule has 0 bridgehead atoms. The van der Waals surface area contributed by atoms with E-state index in [1.165, 1.54) is 33.5 Å². The maximum Gasteiger partial charge on any atom is 0.338 e. The topological polar surface area (TPSA) is 80.3 Å². The summed E-state index contributed by atoms with van der Waals surface area (Å²) in [5, 5.41) is 0. The first-order valence-electron chi connectivity index (χ1n) is 8.95. The van der Waals surface area contributed by atoms with Gasteiger partial charge >= 0.3 is 11.9 Å². The molecular formula is C22H28O7. The molecule has 0 amide bonds. The summed E-state index contributed by atoms with van der Waals surface area (Å²) in [6.07, 6.45) is 3.87. The van der Waals surface area contributed by atoms with Crippen molar-refractivity contribution in [3.63, 3.8) is 0 Å². The van der Waals surface area contributed by atoms with Crippen LogP contribution >= 0.6 is 0 Å². The Morgan fingerprint density at radius 1 is 1.00 bits per heavy atom. The minimum Gasteiger partial charge on any atom is -0.493 e. The van der Waals surface area contributed by atoms with Crippen LogP contribution < -0.4 is 14.2 Å². The van der Waals surface area contributed by atoms with E-state index in [9.17, 15) is 9.59 Å². The van der Waals surface area contributed by atoms with Gasteiger partial charge in [-0.3, -0.25) is 0 Å². The van der Waals surface area contributed by atoms with Gasteiger partial charge < -0.3 is 23.7 Å². The number of ether oxygens (including phenoxy) is 5. The smallest absolute Gasteiger partial charge is 0.338 e. The highest BCUT2D eigenvalue weighted by Gasteiger charge is 2.22. The van der Waals surface area contributed by atoms with E-state index in [-0.39, 0.29) is 12.2 Å². The molecule has 1 aromatic rings. The van der Waals surface area contributed by atoms with Crippen molar-refractivity contribution < 1.29 is 33.3 Å². The van der Waals surface area contributed by atoms with Crippen LogP contribution in [0.5, 0.6) is 17.2 Å². The molecule has 0 aliphatic rings. The molecule has 0 aliphatic carbocycles. The predicted octanol–water partition coefficient (Wildman–Crippen LogP) is 3.94. The van der Waals surface area contributed by atoms with E-state index in [0.717, 1.165) is 0 Å². The van der Waals surface area contributed by atoms with Crippen molar-refractivity contribution in [1.82, 2.24) is 0 Å². The molecule has 1 unspecified atom stereocenters. The van der Waals surface area contributed by atoms with Gasteiger partial charge in [0.1, 0.15) is 12.7 Å². The Hall–Kier alpha value is -3.22. The first-order valence-corrected chi connectivity index (χ1v) is 8.95. The van der Waals surface area contributed by atoms with Crippen LogP contribution in [0.3, 0.4) is 0 Å². The number of carbonyl (C=O) groups is 2. The van der Waals surface area contributed by atoms with Gasteiger partial charge in [-0.2, -0.15) is 0 Å². The van der Waals surface area contributed by atoms with Gasteiger partial charge in [-0.1, -0.05) is 18.7 Å². The second-order valence-electron chi connectivity index (χ2n) is 5.88. The summed E-state index contributed by atoms with van der Waals surface area (Å²) in [4.78, 5) is 24.4. The van der Waals surface area contributed by atoms with Gasteiger partial charge in [0.05, 0.1) is 26.9 Å². The second-order valence-corrected chi connectivity index (χ2v) is 5.88. The van der Waals surface area contributed by atoms with Crippen LogP contribution in [-0.2, 0) is 19.1 Å². The van der Waals surface area contributed by atoms with E-state index in [1.54, 1.807) is 39.0 Å². The molecule has 0 saturated carbocycles. The lowest BCUT2D eigenvalue weighted by molar-refractivity contribution is -0.144. The molecule has 0 aromatic heterocycles. The summed E-state index contributed by atoms with van der Waals surface area (Å²) < 4.78 is 26.6. The molecule has 29 heavy (non-hydrogen) atoms. The van der Waals surface area contributed by atoms with Crippen molar-refractivity contribution >= 4 is 11.9 Å². The summed E-state index contributed by atoms with van der Waals surface area (Å²) in [6.45, 7) is 8.56. The van der Waals surface area contributed by atoms with Crippen LogP contribution in [0, 0.1) is 0 Å². The molecule has 0 fully saturated rings. The van der Waals surface area contributed by atoms with Gasteiger partial charge in [0.2, 0.25) is 5.75 Å². The van der Waals surface area contributed by atoms with Crippen LogP contribution in [0.4, 0.5) is 0 Å². The third kappa shape index (κ3) is 6.14. The molecule has 7 nitrogen and oxygen atoms in total. The summed E-state index contributed by atoms with van der Waals surface area (Å²) in [7, 11) is 4.49. The Labute approximate surface area is 171 Å². The highest BCUT2D eigenvalue weighted by molar-refractivity contribution is 5.91. The van der Waals surface area contributed by atoms with Gasteiger partial charge in [-0.05, 0) is 39.0 Å². The number of esters is 2. The highest BCUT2D eigenvalue weighted by Crippen LogP contribution is 2.40. The Morgan fingerprint density at radius 3 is 2.00 bits per heavy atom. The minimum absolute atomic E-state index is 0.196. The fourth-order valence-corrected chi connectivity index (χ4v) is 2.34. The number of methoxy groups -OCH3 is 3. The zero-order valence-corrected chi connectivity index (χ0v) is 17.7. The van der Waals surface area contributed by atoms with Crippen molar-refractivity contribution in [2.24, 2.45) is 0 Å². The normalized spacial score (nSPS) is 12.6. The number of carbonyl (C=O) groups excluding carboxylic acids is 2. The first kappa shape index (κ1) is 23.8. The third-order valence-electron chi connectivity index (χ3n) is 4.19. The van der Waals surface area contributed by atoms with Gasteiger partial charge in [-0.25, -0.2) is 9.59 Å². The van der Waals surface area contributed by atoms with E-state index in [0.29, 0.717) is 28.4 Å². The van der Waals surface area contributed by atoms with E-state index in [4.69, 9.17) is 23.7 Å². The second kappa shape index (κ2) is 11.6. The van der Waals surface area contributed by atoms with E-state index < -0.39 is 18.0 Å². The number of hydrogen-bond acceptors (Lipinski definition) is 7. The van der Waals surface area contributed by atoms with Gasteiger partial charge in [0.15, 0.2) is 11.5 Å². The summed E-state index contributed by atoms with van der Waals surface area (Å²) in [5.41, 5.74) is 1.25. The molecule has 0 spiro atoms. The van der Waals surface area contributed by atoms with Crippen LogP contribution in [0.15, 0.2) is 48.1 Å². The molecular weight excluding hydrogens is 376 g/mol. The Balaban J connectivity index is 3.03. The van der Waals surface area contributed by atoms with Crippen molar-refractivity contribution in [3.8, 4) is 17.2 Å². The molecule has 0 heterocycles.